The Labute approximate surface area is 133 Å². The number of nitrogens with zero attached hydrogens (tertiary/aromatic N) is 1. The van der Waals surface area contributed by atoms with Crippen molar-refractivity contribution in [1.82, 2.24) is 15.5 Å². The van der Waals surface area contributed by atoms with E-state index in [0.717, 1.165) is 11.3 Å². The molecule has 1 fully saturated rings. The summed E-state index contributed by atoms with van der Waals surface area (Å²) in [7, 11) is 0. The van der Waals surface area contributed by atoms with E-state index >= 15 is 0 Å². The summed E-state index contributed by atoms with van der Waals surface area (Å²) in [5.74, 6) is -0.856. The molecular formula is C15H18ClN3O3. The van der Waals surface area contributed by atoms with Gasteiger partial charge in [-0.1, -0.05) is 36.7 Å². The minimum atomic E-state index is -1.26. The Morgan fingerprint density at radius 3 is 2.68 bits per heavy atom. The van der Waals surface area contributed by atoms with Crippen molar-refractivity contribution in [2.45, 2.75) is 25.8 Å². The molecule has 4 amide bonds. The molecule has 6 nitrogen and oxygen atoms in total. The maximum absolute atomic E-state index is 12.6. The Bertz CT molecular complexity index is 620. The monoisotopic (exact) mass is 323 g/mol. The zero-order valence-electron chi connectivity index (χ0n) is 12.5. The number of carbonyl (C=O) groups excluding carboxylic acids is 3. The number of amides is 4. The maximum Gasteiger partial charge on any atom is 0.325 e. The van der Waals surface area contributed by atoms with Crippen LogP contribution in [-0.2, 0) is 15.1 Å². The zero-order chi connectivity index (χ0) is 16.3. The molecule has 1 saturated heterocycles. The number of carbonyl (C=O) groups is 3. The van der Waals surface area contributed by atoms with Crippen molar-refractivity contribution in [3.05, 3.63) is 34.9 Å². The standard InChI is InChI=1S/C15H18ClN3O3/c1-3-8-17-12(20)9-19-13(21)15(2,18-14(19)22)10-6-4-5-7-11(10)16/h4-7H,3,8-9H2,1-2H3,(H,17,20)(H,18,22)/t15-/m1/s1. The van der Waals surface area contributed by atoms with Crippen LogP contribution in [0.5, 0.6) is 0 Å². The average Bonchev–Trinajstić information content (AvgIpc) is 2.70. The second-order valence-corrected chi connectivity index (χ2v) is 5.68. The van der Waals surface area contributed by atoms with E-state index in [9.17, 15) is 14.4 Å². The van der Waals surface area contributed by atoms with E-state index < -0.39 is 17.5 Å². The van der Waals surface area contributed by atoms with Crippen LogP contribution in [0.4, 0.5) is 4.79 Å². The maximum atomic E-state index is 12.6. The van der Waals surface area contributed by atoms with E-state index in [1.54, 1.807) is 31.2 Å². The van der Waals surface area contributed by atoms with Crippen molar-refractivity contribution >= 4 is 29.4 Å². The van der Waals surface area contributed by atoms with Gasteiger partial charge >= 0.3 is 6.03 Å². The molecule has 0 unspecified atom stereocenters. The summed E-state index contributed by atoms with van der Waals surface area (Å²) >= 11 is 6.13. The van der Waals surface area contributed by atoms with Crippen LogP contribution in [0, 0.1) is 0 Å². The van der Waals surface area contributed by atoms with Crippen LogP contribution in [-0.4, -0.2) is 35.8 Å². The van der Waals surface area contributed by atoms with Crippen molar-refractivity contribution in [2.24, 2.45) is 0 Å². The van der Waals surface area contributed by atoms with Crippen LogP contribution in [0.2, 0.25) is 5.02 Å². The van der Waals surface area contributed by atoms with Gasteiger partial charge in [0.25, 0.3) is 5.91 Å². The Kier molecular flexibility index (Phi) is 4.71. The molecule has 0 aliphatic carbocycles. The predicted molar refractivity (Wildman–Crippen MR) is 82.3 cm³/mol. The lowest BCUT2D eigenvalue weighted by molar-refractivity contribution is -0.134. The lowest BCUT2D eigenvalue weighted by atomic mass is 9.92. The highest BCUT2D eigenvalue weighted by atomic mass is 35.5. The molecule has 0 bridgehead atoms. The average molecular weight is 324 g/mol. The third kappa shape index (κ3) is 2.92. The molecule has 2 N–H and O–H groups in total. The molecule has 1 atom stereocenters. The second kappa shape index (κ2) is 6.36. The minimum Gasteiger partial charge on any atom is -0.355 e. The molecule has 1 aromatic rings. The second-order valence-electron chi connectivity index (χ2n) is 5.28. The van der Waals surface area contributed by atoms with E-state index in [2.05, 4.69) is 10.6 Å². The number of halogens is 1. The van der Waals surface area contributed by atoms with Gasteiger partial charge < -0.3 is 10.6 Å². The number of imide groups is 1. The highest BCUT2D eigenvalue weighted by Crippen LogP contribution is 2.33. The van der Waals surface area contributed by atoms with Crippen molar-refractivity contribution < 1.29 is 14.4 Å². The van der Waals surface area contributed by atoms with Crippen LogP contribution >= 0.6 is 11.6 Å². The summed E-state index contributed by atoms with van der Waals surface area (Å²) in [6.45, 7) is 3.70. The molecule has 0 radical (unpaired) electrons. The number of benzene rings is 1. The van der Waals surface area contributed by atoms with E-state index in [1.807, 2.05) is 6.92 Å². The van der Waals surface area contributed by atoms with Gasteiger partial charge in [0.15, 0.2) is 0 Å². The Morgan fingerprint density at radius 1 is 1.36 bits per heavy atom. The van der Waals surface area contributed by atoms with Crippen molar-refractivity contribution in [3.8, 4) is 0 Å². The summed E-state index contributed by atoms with van der Waals surface area (Å²) in [5, 5.41) is 5.65. The third-order valence-corrected chi connectivity index (χ3v) is 3.89. The van der Waals surface area contributed by atoms with Gasteiger partial charge in [0.1, 0.15) is 12.1 Å². The van der Waals surface area contributed by atoms with Crippen LogP contribution in [0.25, 0.3) is 0 Å². The van der Waals surface area contributed by atoms with Crippen LogP contribution < -0.4 is 10.6 Å². The molecule has 1 aliphatic rings. The fraction of sp³-hybridized carbons (Fsp3) is 0.400. The molecule has 2 rings (SSSR count). The van der Waals surface area contributed by atoms with Crippen molar-refractivity contribution in [2.75, 3.05) is 13.1 Å². The predicted octanol–water partition coefficient (Wildman–Crippen LogP) is 1.63. The fourth-order valence-corrected chi connectivity index (χ4v) is 2.68. The smallest absolute Gasteiger partial charge is 0.325 e. The summed E-state index contributed by atoms with van der Waals surface area (Å²) < 4.78 is 0. The number of urea groups is 1. The molecule has 22 heavy (non-hydrogen) atoms. The van der Waals surface area contributed by atoms with Gasteiger partial charge in [-0.15, -0.1) is 0 Å². The summed E-state index contributed by atoms with van der Waals surface area (Å²) in [6.07, 6.45) is 0.781. The zero-order valence-corrected chi connectivity index (χ0v) is 13.2. The van der Waals surface area contributed by atoms with Crippen LogP contribution in [0.1, 0.15) is 25.8 Å². The van der Waals surface area contributed by atoms with Gasteiger partial charge in [0, 0.05) is 17.1 Å². The number of hydrogen-bond acceptors (Lipinski definition) is 3. The number of hydrogen-bond donors (Lipinski definition) is 2. The minimum absolute atomic E-state index is 0.301. The molecule has 7 heteroatoms. The van der Waals surface area contributed by atoms with Gasteiger partial charge in [-0.2, -0.15) is 0 Å². The first-order chi connectivity index (χ1) is 10.4. The van der Waals surface area contributed by atoms with Gasteiger partial charge in [-0.3, -0.25) is 14.5 Å². The molecule has 118 valence electrons. The summed E-state index contributed by atoms with van der Waals surface area (Å²) in [5.41, 5.74) is -0.757. The van der Waals surface area contributed by atoms with Crippen LogP contribution in [0.15, 0.2) is 24.3 Å². The Balaban J connectivity index is 2.21. The normalized spacial score (nSPS) is 21.0. The summed E-state index contributed by atoms with van der Waals surface area (Å²) in [6, 6.07) is 6.22. The molecule has 0 saturated carbocycles. The van der Waals surface area contributed by atoms with Gasteiger partial charge in [-0.25, -0.2) is 4.79 Å². The molecule has 1 aliphatic heterocycles. The molecular weight excluding hydrogens is 306 g/mol. The first-order valence-electron chi connectivity index (χ1n) is 7.06. The largest absolute Gasteiger partial charge is 0.355 e. The SMILES string of the molecule is CCCNC(=O)CN1C(=O)N[C@](C)(c2ccccc2Cl)C1=O. The number of nitrogens with one attached hydrogen (secondary N) is 2. The van der Waals surface area contributed by atoms with Gasteiger partial charge in [0.05, 0.1) is 0 Å². The lowest BCUT2D eigenvalue weighted by Gasteiger charge is -2.23. The molecule has 0 spiro atoms. The van der Waals surface area contributed by atoms with E-state index in [-0.39, 0.29) is 12.5 Å². The summed E-state index contributed by atoms with van der Waals surface area (Å²) in [4.78, 5) is 37.3. The van der Waals surface area contributed by atoms with E-state index in [4.69, 9.17) is 11.6 Å². The topological polar surface area (TPSA) is 78.5 Å². The first kappa shape index (κ1) is 16.3. The van der Waals surface area contributed by atoms with Crippen molar-refractivity contribution in [3.63, 3.8) is 0 Å². The molecule has 0 aromatic heterocycles. The van der Waals surface area contributed by atoms with E-state index in [1.165, 1.54) is 0 Å². The Hall–Kier alpha value is -2.08. The Morgan fingerprint density at radius 2 is 2.05 bits per heavy atom. The number of rotatable bonds is 5. The fourth-order valence-electron chi connectivity index (χ4n) is 2.35. The van der Waals surface area contributed by atoms with Gasteiger partial charge in [0.2, 0.25) is 5.91 Å². The molecule has 1 heterocycles. The van der Waals surface area contributed by atoms with E-state index in [0.29, 0.717) is 17.1 Å². The molecule has 1 aromatic carbocycles. The van der Waals surface area contributed by atoms with Gasteiger partial charge in [-0.05, 0) is 19.4 Å². The van der Waals surface area contributed by atoms with Crippen molar-refractivity contribution in [1.29, 1.82) is 0 Å². The lowest BCUT2D eigenvalue weighted by Crippen LogP contribution is -2.43. The highest BCUT2D eigenvalue weighted by Gasteiger charge is 2.50. The highest BCUT2D eigenvalue weighted by molar-refractivity contribution is 6.32. The first-order valence-corrected chi connectivity index (χ1v) is 7.43. The quantitative estimate of drug-likeness (QED) is 0.808. The van der Waals surface area contributed by atoms with Crippen LogP contribution in [0.3, 0.4) is 0 Å². The third-order valence-electron chi connectivity index (χ3n) is 3.56.